The number of hydrogen-bond donors (Lipinski definition) is 0. The Morgan fingerprint density at radius 1 is 0.920 bits per heavy atom. The van der Waals surface area contributed by atoms with Gasteiger partial charge in [-0.15, -0.1) is 0 Å². The predicted molar refractivity (Wildman–Crippen MR) is 86.5 cm³/mol. The number of carbonyl (C=O) groups excluding carboxylic acids is 3. The second kappa shape index (κ2) is 9.96. The minimum absolute atomic E-state index is 0.0420. The van der Waals surface area contributed by atoms with Crippen molar-refractivity contribution in [1.29, 1.82) is 0 Å². The van der Waals surface area contributed by atoms with E-state index in [2.05, 4.69) is 0 Å². The zero-order valence-corrected chi connectivity index (χ0v) is 14.5. The molecule has 1 rings (SSSR count). The van der Waals surface area contributed by atoms with Crippen LogP contribution in [0.1, 0.15) is 13.8 Å². The summed E-state index contributed by atoms with van der Waals surface area (Å²) >= 11 is 0. The number of carbonyl (C=O) groups is 3. The Morgan fingerprint density at radius 2 is 1.48 bits per heavy atom. The number of esters is 3. The van der Waals surface area contributed by atoms with Crippen LogP contribution in [-0.2, 0) is 23.9 Å². The second-order valence-corrected chi connectivity index (χ2v) is 4.44. The third-order valence-electron chi connectivity index (χ3n) is 2.83. The summed E-state index contributed by atoms with van der Waals surface area (Å²) in [5.41, 5.74) is -0.547. The van der Waals surface area contributed by atoms with Crippen LogP contribution >= 0.6 is 0 Å². The molecule has 1 aromatic rings. The smallest absolute Gasteiger partial charge is 0.345 e. The normalized spacial score (nSPS) is 9.60. The van der Waals surface area contributed by atoms with Gasteiger partial charge in [-0.3, -0.25) is 0 Å². The SMILES string of the molecule is CCOC(=O)C(=CC(=O)Oc1ccc(OC)c(OC)c1)C(=O)OCC. The zero-order valence-electron chi connectivity index (χ0n) is 14.5. The van der Waals surface area contributed by atoms with E-state index < -0.39 is 23.5 Å². The summed E-state index contributed by atoms with van der Waals surface area (Å²) < 4.78 is 24.7. The lowest BCUT2D eigenvalue weighted by molar-refractivity contribution is -0.147. The maximum absolute atomic E-state index is 12.0. The summed E-state index contributed by atoms with van der Waals surface area (Å²) in [4.78, 5) is 35.6. The standard InChI is InChI=1S/C17H20O8/c1-5-23-16(19)12(17(20)24-6-2)10-15(18)25-11-7-8-13(21-3)14(9-11)22-4/h7-10H,5-6H2,1-4H3. The molecule has 8 nitrogen and oxygen atoms in total. The van der Waals surface area contributed by atoms with Crippen molar-refractivity contribution < 1.29 is 38.1 Å². The topological polar surface area (TPSA) is 97.4 Å². The summed E-state index contributed by atoms with van der Waals surface area (Å²) in [5.74, 6) is -1.92. The molecule has 0 bridgehead atoms. The predicted octanol–water partition coefficient (Wildman–Crippen LogP) is 1.66. The van der Waals surface area contributed by atoms with Crippen LogP contribution in [0, 0.1) is 0 Å². The van der Waals surface area contributed by atoms with Gasteiger partial charge in [0, 0.05) is 12.1 Å². The summed E-state index contributed by atoms with van der Waals surface area (Å²) in [6.45, 7) is 3.23. The lowest BCUT2D eigenvalue weighted by atomic mass is 10.2. The molecule has 0 saturated heterocycles. The molecule has 0 aliphatic carbocycles. The van der Waals surface area contributed by atoms with Crippen LogP contribution in [0.5, 0.6) is 17.2 Å². The van der Waals surface area contributed by atoms with Gasteiger partial charge in [-0.05, 0) is 26.0 Å². The van der Waals surface area contributed by atoms with Crippen molar-refractivity contribution in [2.45, 2.75) is 13.8 Å². The van der Waals surface area contributed by atoms with Crippen molar-refractivity contribution in [2.75, 3.05) is 27.4 Å². The van der Waals surface area contributed by atoms with Crippen molar-refractivity contribution in [3.63, 3.8) is 0 Å². The molecular weight excluding hydrogens is 332 g/mol. The molecule has 1 aromatic carbocycles. The van der Waals surface area contributed by atoms with Gasteiger partial charge in [0.1, 0.15) is 5.75 Å². The summed E-state index contributed by atoms with van der Waals surface area (Å²) in [7, 11) is 2.90. The van der Waals surface area contributed by atoms with Crippen LogP contribution in [0.2, 0.25) is 0 Å². The van der Waals surface area contributed by atoms with Gasteiger partial charge in [0.15, 0.2) is 17.1 Å². The van der Waals surface area contributed by atoms with Gasteiger partial charge in [0.05, 0.1) is 27.4 Å². The van der Waals surface area contributed by atoms with Crippen LogP contribution in [0.4, 0.5) is 0 Å². The highest BCUT2D eigenvalue weighted by molar-refractivity contribution is 6.17. The molecular formula is C17H20O8. The van der Waals surface area contributed by atoms with E-state index in [0.717, 1.165) is 6.08 Å². The molecule has 0 heterocycles. The average molecular weight is 352 g/mol. The molecule has 25 heavy (non-hydrogen) atoms. The number of rotatable bonds is 8. The fourth-order valence-corrected chi connectivity index (χ4v) is 1.76. The second-order valence-electron chi connectivity index (χ2n) is 4.44. The maximum Gasteiger partial charge on any atom is 0.345 e. The lowest BCUT2D eigenvalue weighted by Gasteiger charge is -2.09. The van der Waals surface area contributed by atoms with Crippen molar-refractivity contribution >= 4 is 17.9 Å². The van der Waals surface area contributed by atoms with Gasteiger partial charge >= 0.3 is 17.9 Å². The average Bonchev–Trinajstić information content (AvgIpc) is 2.59. The molecule has 0 atom stereocenters. The van der Waals surface area contributed by atoms with Crippen molar-refractivity contribution in [3.8, 4) is 17.2 Å². The van der Waals surface area contributed by atoms with E-state index in [1.54, 1.807) is 19.9 Å². The minimum Gasteiger partial charge on any atom is -0.493 e. The number of hydrogen-bond acceptors (Lipinski definition) is 8. The Labute approximate surface area is 145 Å². The van der Waals surface area contributed by atoms with E-state index in [0.29, 0.717) is 11.5 Å². The van der Waals surface area contributed by atoms with E-state index in [9.17, 15) is 14.4 Å². The molecule has 0 aromatic heterocycles. The zero-order chi connectivity index (χ0) is 18.8. The highest BCUT2D eigenvalue weighted by atomic mass is 16.6. The van der Waals surface area contributed by atoms with Crippen LogP contribution in [-0.4, -0.2) is 45.3 Å². The summed E-state index contributed by atoms with van der Waals surface area (Å²) in [6.07, 6.45) is 0.729. The molecule has 0 aliphatic rings. The monoisotopic (exact) mass is 352 g/mol. The van der Waals surface area contributed by atoms with Gasteiger partial charge in [0.2, 0.25) is 0 Å². The Kier molecular flexibility index (Phi) is 7.98. The fraction of sp³-hybridized carbons (Fsp3) is 0.353. The van der Waals surface area contributed by atoms with E-state index in [1.807, 2.05) is 0 Å². The summed E-state index contributed by atoms with van der Waals surface area (Å²) in [6, 6.07) is 4.45. The Balaban J connectivity index is 3.00. The maximum atomic E-state index is 12.0. The molecule has 0 saturated carbocycles. The Bertz CT molecular complexity index is 643. The van der Waals surface area contributed by atoms with Crippen LogP contribution in [0.25, 0.3) is 0 Å². The molecule has 8 heteroatoms. The first-order valence-electron chi connectivity index (χ1n) is 7.46. The highest BCUT2D eigenvalue weighted by Gasteiger charge is 2.23. The van der Waals surface area contributed by atoms with Crippen molar-refractivity contribution in [2.24, 2.45) is 0 Å². The molecule has 0 N–H and O–H groups in total. The largest absolute Gasteiger partial charge is 0.493 e. The molecule has 136 valence electrons. The van der Waals surface area contributed by atoms with Crippen molar-refractivity contribution in [3.05, 3.63) is 29.8 Å². The lowest BCUT2D eigenvalue weighted by Crippen LogP contribution is -2.20. The third kappa shape index (κ3) is 5.83. The van der Waals surface area contributed by atoms with E-state index in [1.165, 1.54) is 26.4 Å². The fourth-order valence-electron chi connectivity index (χ4n) is 1.76. The molecule has 0 aliphatic heterocycles. The van der Waals surface area contributed by atoms with Gasteiger partial charge in [-0.2, -0.15) is 0 Å². The van der Waals surface area contributed by atoms with E-state index in [-0.39, 0.29) is 19.0 Å². The van der Waals surface area contributed by atoms with E-state index >= 15 is 0 Å². The molecule has 0 radical (unpaired) electrons. The third-order valence-corrected chi connectivity index (χ3v) is 2.83. The highest BCUT2D eigenvalue weighted by Crippen LogP contribution is 2.30. The van der Waals surface area contributed by atoms with Gasteiger partial charge in [-0.1, -0.05) is 0 Å². The number of ether oxygens (including phenoxy) is 5. The first-order valence-corrected chi connectivity index (χ1v) is 7.46. The Morgan fingerprint density at radius 3 is 1.96 bits per heavy atom. The van der Waals surface area contributed by atoms with Gasteiger partial charge in [-0.25, -0.2) is 14.4 Å². The summed E-state index contributed by atoms with van der Waals surface area (Å²) in [5, 5.41) is 0. The first-order chi connectivity index (χ1) is 12.0. The molecule has 0 spiro atoms. The first kappa shape index (κ1) is 20.0. The van der Waals surface area contributed by atoms with Crippen LogP contribution in [0.15, 0.2) is 29.8 Å². The number of benzene rings is 1. The minimum atomic E-state index is -0.967. The number of methoxy groups -OCH3 is 2. The van der Waals surface area contributed by atoms with Crippen molar-refractivity contribution in [1.82, 2.24) is 0 Å². The molecule has 0 unspecified atom stereocenters. The van der Waals surface area contributed by atoms with Gasteiger partial charge < -0.3 is 23.7 Å². The molecule has 0 amide bonds. The quantitative estimate of drug-likeness (QED) is 0.229. The van der Waals surface area contributed by atoms with Crippen LogP contribution < -0.4 is 14.2 Å². The van der Waals surface area contributed by atoms with E-state index in [4.69, 9.17) is 23.7 Å². The Hall–Kier alpha value is -3.03. The molecule has 0 fully saturated rings. The van der Waals surface area contributed by atoms with Gasteiger partial charge in [0.25, 0.3) is 0 Å². The van der Waals surface area contributed by atoms with Crippen LogP contribution in [0.3, 0.4) is 0 Å².